The van der Waals surface area contributed by atoms with Crippen molar-refractivity contribution in [1.82, 2.24) is 5.32 Å². The van der Waals surface area contributed by atoms with Gasteiger partial charge in [0.25, 0.3) is 0 Å². The third-order valence-corrected chi connectivity index (χ3v) is 4.52. The van der Waals surface area contributed by atoms with Crippen molar-refractivity contribution in [3.05, 3.63) is 65.2 Å². The minimum Gasteiger partial charge on any atom is -0.383 e. The second kappa shape index (κ2) is 7.03. The van der Waals surface area contributed by atoms with Crippen LogP contribution in [-0.4, -0.2) is 23.5 Å². The van der Waals surface area contributed by atoms with Gasteiger partial charge in [0.1, 0.15) is 5.60 Å². The van der Waals surface area contributed by atoms with E-state index in [1.54, 1.807) is 12.1 Å². The number of carbonyl (C=O) groups excluding carboxylic acids is 2. The molecule has 5 nitrogen and oxygen atoms in total. The van der Waals surface area contributed by atoms with Crippen molar-refractivity contribution in [3.63, 3.8) is 0 Å². The first kappa shape index (κ1) is 18.9. The van der Waals surface area contributed by atoms with Gasteiger partial charge in [-0.15, -0.1) is 0 Å². The molecule has 0 radical (unpaired) electrons. The Hall–Kier alpha value is -2.87. The van der Waals surface area contributed by atoms with Gasteiger partial charge >= 0.3 is 18.0 Å². The fourth-order valence-corrected chi connectivity index (χ4v) is 3.12. The van der Waals surface area contributed by atoms with Crippen LogP contribution in [0, 0.1) is 0 Å². The number of aliphatic hydroxyl groups is 1. The summed E-state index contributed by atoms with van der Waals surface area (Å²) < 4.78 is 38.1. The molecule has 0 heterocycles. The molecule has 1 aliphatic rings. The molecule has 2 amide bonds. The molecule has 0 fully saturated rings. The van der Waals surface area contributed by atoms with E-state index < -0.39 is 29.2 Å². The van der Waals surface area contributed by atoms with E-state index in [0.29, 0.717) is 18.4 Å². The molecule has 1 atom stereocenters. The quantitative estimate of drug-likeness (QED) is 0.719. The van der Waals surface area contributed by atoms with Gasteiger partial charge in [0.2, 0.25) is 0 Å². The van der Waals surface area contributed by atoms with Gasteiger partial charge in [-0.05, 0) is 42.2 Å². The highest BCUT2D eigenvalue weighted by Gasteiger charge is 2.37. The number of nitrogens with one attached hydrogen (secondary N) is 2. The normalized spacial score (nSPS) is 18.7. The average Bonchev–Trinajstić information content (AvgIpc) is 2.97. The van der Waals surface area contributed by atoms with Crippen LogP contribution in [-0.2, 0) is 27.8 Å². The van der Waals surface area contributed by atoms with Gasteiger partial charge in [0.05, 0.1) is 12.1 Å². The number of alkyl halides is 3. The van der Waals surface area contributed by atoms with Crippen LogP contribution in [0.15, 0.2) is 48.5 Å². The van der Waals surface area contributed by atoms with Gasteiger partial charge in [-0.1, -0.05) is 30.3 Å². The molecule has 3 rings (SSSR count). The van der Waals surface area contributed by atoms with Gasteiger partial charge in [-0.2, -0.15) is 13.2 Å². The molecule has 0 aliphatic heterocycles. The molecule has 0 aromatic heterocycles. The molecule has 27 heavy (non-hydrogen) atoms. The highest BCUT2D eigenvalue weighted by Crippen LogP contribution is 2.36. The number of amides is 2. The summed E-state index contributed by atoms with van der Waals surface area (Å²) in [5.74, 6) is -2.14. The van der Waals surface area contributed by atoms with E-state index in [1.165, 1.54) is 6.07 Å². The van der Waals surface area contributed by atoms with Gasteiger partial charge in [0.15, 0.2) is 0 Å². The van der Waals surface area contributed by atoms with Crippen LogP contribution in [0.2, 0.25) is 0 Å². The van der Waals surface area contributed by atoms with Gasteiger partial charge in [0, 0.05) is 5.69 Å². The van der Waals surface area contributed by atoms with Gasteiger partial charge < -0.3 is 15.7 Å². The van der Waals surface area contributed by atoms with Crippen LogP contribution in [0.5, 0.6) is 0 Å². The smallest absolute Gasteiger partial charge is 0.383 e. The van der Waals surface area contributed by atoms with Crippen molar-refractivity contribution in [1.29, 1.82) is 0 Å². The number of rotatable bonds is 3. The molecule has 1 aliphatic carbocycles. The first-order valence-corrected chi connectivity index (χ1v) is 8.26. The van der Waals surface area contributed by atoms with E-state index in [4.69, 9.17) is 0 Å². The zero-order chi connectivity index (χ0) is 19.7. The van der Waals surface area contributed by atoms with Crippen molar-refractivity contribution in [3.8, 4) is 0 Å². The number of halogens is 3. The third-order valence-electron chi connectivity index (χ3n) is 4.52. The summed E-state index contributed by atoms with van der Waals surface area (Å²) in [5, 5.41) is 15.2. The number of aryl methyl sites for hydroxylation is 1. The fourth-order valence-electron chi connectivity index (χ4n) is 3.12. The number of hydrogen-bond donors (Lipinski definition) is 3. The fraction of sp³-hybridized carbons (Fsp3) is 0.263. The molecule has 0 bridgehead atoms. The monoisotopic (exact) mass is 378 g/mol. The van der Waals surface area contributed by atoms with Crippen LogP contribution in [0.25, 0.3) is 0 Å². The second-order valence-electron chi connectivity index (χ2n) is 6.40. The lowest BCUT2D eigenvalue weighted by atomic mass is 9.96. The van der Waals surface area contributed by atoms with Crippen molar-refractivity contribution >= 4 is 17.5 Å². The number of anilines is 1. The van der Waals surface area contributed by atoms with E-state index in [9.17, 15) is 27.9 Å². The maximum atomic E-state index is 12.7. The molecule has 8 heteroatoms. The Bertz CT molecular complexity index is 882. The molecular weight excluding hydrogens is 361 g/mol. The molecule has 0 saturated carbocycles. The van der Waals surface area contributed by atoms with E-state index in [-0.39, 0.29) is 12.2 Å². The van der Waals surface area contributed by atoms with Crippen LogP contribution < -0.4 is 10.6 Å². The van der Waals surface area contributed by atoms with Crippen molar-refractivity contribution in [2.45, 2.75) is 24.6 Å². The third kappa shape index (κ3) is 4.11. The largest absolute Gasteiger partial charge is 0.416 e. The summed E-state index contributed by atoms with van der Waals surface area (Å²) in [6, 6.07) is 11.3. The Kier molecular flexibility index (Phi) is 4.93. The van der Waals surface area contributed by atoms with E-state index >= 15 is 0 Å². The number of carbonyl (C=O) groups is 2. The molecule has 0 spiro atoms. The van der Waals surface area contributed by atoms with Crippen LogP contribution in [0.1, 0.15) is 23.1 Å². The summed E-state index contributed by atoms with van der Waals surface area (Å²) in [5.41, 5.74) is -0.679. The summed E-state index contributed by atoms with van der Waals surface area (Å²) >= 11 is 0. The van der Waals surface area contributed by atoms with Crippen LogP contribution in [0.4, 0.5) is 18.9 Å². The molecule has 142 valence electrons. The first-order valence-electron chi connectivity index (χ1n) is 8.26. The Balaban J connectivity index is 1.62. The SMILES string of the molecule is O=C(NCC1(O)CCc2ccccc21)C(=O)Nc1cccc(C(F)(F)F)c1. The lowest BCUT2D eigenvalue weighted by Crippen LogP contribution is -2.43. The van der Waals surface area contributed by atoms with E-state index in [2.05, 4.69) is 10.6 Å². The standard InChI is InChI=1S/C19H17F3N2O3/c20-19(21,22)13-5-3-6-14(10-13)24-17(26)16(25)23-11-18(27)9-8-12-4-1-2-7-15(12)18/h1-7,10,27H,8-9,11H2,(H,23,25)(H,24,26). The summed E-state index contributed by atoms with van der Waals surface area (Å²) in [7, 11) is 0. The Morgan fingerprint density at radius 1 is 1.07 bits per heavy atom. The first-order chi connectivity index (χ1) is 12.7. The lowest BCUT2D eigenvalue weighted by Gasteiger charge is -2.24. The summed E-state index contributed by atoms with van der Waals surface area (Å²) in [6.07, 6.45) is -3.50. The van der Waals surface area contributed by atoms with Crippen LogP contribution >= 0.6 is 0 Å². The van der Waals surface area contributed by atoms with E-state index in [1.807, 2.05) is 12.1 Å². The Morgan fingerprint density at radius 2 is 1.81 bits per heavy atom. The highest BCUT2D eigenvalue weighted by molar-refractivity contribution is 6.39. The predicted octanol–water partition coefficient (Wildman–Crippen LogP) is 2.59. The second-order valence-corrected chi connectivity index (χ2v) is 6.40. The maximum absolute atomic E-state index is 12.7. The molecule has 2 aromatic rings. The van der Waals surface area contributed by atoms with E-state index in [0.717, 1.165) is 23.8 Å². The van der Waals surface area contributed by atoms with Crippen LogP contribution in [0.3, 0.4) is 0 Å². The average molecular weight is 378 g/mol. The highest BCUT2D eigenvalue weighted by atomic mass is 19.4. The van der Waals surface area contributed by atoms with Crippen molar-refractivity contribution in [2.75, 3.05) is 11.9 Å². The van der Waals surface area contributed by atoms with Crippen molar-refractivity contribution < 1.29 is 27.9 Å². The molecule has 1 unspecified atom stereocenters. The van der Waals surface area contributed by atoms with Gasteiger partial charge in [-0.25, -0.2) is 0 Å². The maximum Gasteiger partial charge on any atom is 0.416 e. The zero-order valence-corrected chi connectivity index (χ0v) is 14.1. The Morgan fingerprint density at radius 3 is 2.56 bits per heavy atom. The van der Waals surface area contributed by atoms with Gasteiger partial charge in [-0.3, -0.25) is 9.59 Å². The molecule has 3 N–H and O–H groups in total. The van der Waals surface area contributed by atoms with Crippen molar-refractivity contribution in [2.24, 2.45) is 0 Å². The number of hydrogen-bond acceptors (Lipinski definition) is 3. The minimum atomic E-state index is -4.55. The topological polar surface area (TPSA) is 78.4 Å². The summed E-state index contributed by atoms with van der Waals surface area (Å²) in [6.45, 7) is -0.168. The molecule has 0 saturated heterocycles. The minimum absolute atomic E-state index is 0.144. The lowest BCUT2D eigenvalue weighted by molar-refractivity contribution is -0.137. The Labute approximate surface area is 153 Å². The molecular formula is C19H17F3N2O3. The predicted molar refractivity (Wildman–Crippen MR) is 91.7 cm³/mol. The number of benzene rings is 2. The molecule has 2 aromatic carbocycles. The summed E-state index contributed by atoms with van der Waals surface area (Å²) in [4.78, 5) is 23.9. The zero-order valence-electron chi connectivity index (χ0n) is 14.1. The number of fused-ring (bicyclic) bond motifs is 1.